The summed E-state index contributed by atoms with van der Waals surface area (Å²) in [6, 6.07) is 4.55. The van der Waals surface area contributed by atoms with E-state index >= 15 is 0 Å². The molecule has 1 aliphatic rings. The van der Waals surface area contributed by atoms with Crippen molar-refractivity contribution in [3.8, 4) is 0 Å². The highest BCUT2D eigenvalue weighted by molar-refractivity contribution is 5.60. The summed E-state index contributed by atoms with van der Waals surface area (Å²) in [5.74, 6) is 1.55. The monoisotopic (exact) mass is 285 g/mol. The molecule has 3 rings (SSSR count). The third kappa shape index (κ3) is 2.94. The number of benzene rings is 1. The van der Waals surface area contributed by atoms with E-state index < -0.39 is 0 Å². The van der Waals surface area contributed by atoms with Gasteiger partial charge in [0.1, 0.15) is 0 Å². The number of rotatable bonds is 4. The van der Waals surface area contributed by atoms with Gasteiger partial charge in [0, 0.05) is 18.7 Å². The largest absolute Gasteiger partial charge is 0.362 e. The van der Waals surface area contributed by atoms with Gasteiger partial charge in [-0.15, -0.1) is 0 Å². The molecule has 4 heteroatoms. The maximum Gasteiger partial charge on any atom is 0.246 e. The number of nitrogens with zero attached hydrogens (tertiary/aromatic N) is 3. The van der Waals surface area contributed by atoms with Crippen molar-refractivity contribution in [2.24, 2.45) is 0 Å². The predicted molar refractivity (Wildman–Crippen MR) is 83.6 cm³/mol. The van der Waals surface area contributed by atoms with Crippen molar-refractivity contribution in [3.63, 3.8) is 0 Å². The smallest absolute Gasteiger partial charge is 0.246 e. The van der Waals surface area contributed by atoms with Crippen LogP contribution in [0.15, 0.2) is 16.7 Å². The van der Waals surface area contributed by atoms with Crippen LogP contribution >= 0.6 is 0 Å². The first kappa shape index (κ1) is 14.1. The highest BCUT2D eigenvalue weighted by atomic mass is 16.5. The molecule has 1 aromatic carbocycles. The molecule has 0 amide bonds. The van der Waals surface area contributed by atoms with Gasteiger partial charge in [0.2, 0.25) is 5.89 Å². The zero-order valence-corrected chi connectivity index (χ0v) is 13.1. The van der Waals surface area contributed by atoms with Gasteiger partial charge in [0.25, 0.3) is 0 Å². The van der Waals surface area contributed by atoms with E-state index in [0.717, 1.165) is 31.1 Å². The van der Waals surface area contributed by atoms with E-state index in [2.05, 4.69) is 47.9 Å². The predicted octanol–water partition coefficient (Wildman–Crippen LogP) is 3.59. The van der Waals surface area contributed by atoms with Crippen LogP contribution in [0.4, 0.5) is 5.69 Å². The lowest BCUT2D eigenvalue weighted by molar-refractivity contribution is 0.369. The molecule has 0 unspecified atom stereocenters. The first-order valence-corrected chi connectivity index (χ1v) is 7.84. The number of anilines is 1. The third-order valence-corrected chi connectivity index (χ3v) is 4.10. The van der Waals surface area contributed by atoms with Crippen LogP contribution in [0.5, 0.6) is 0 Å². The quantitative estimate of drug-likeness (QED) is 0.861. The summed E-state index contributed by atoms with van der Waals surface area (Å²) >= 11 is 0. The Morgan fingerprint density at radius 2 is 2.14 bits per heavy atom. The van der Waals surface area contributed by atoms with E-state index in [4.69, 9.17) is 4.52 Å². The molecule has 4 nitrogen and oxygen atoms in total. The molecule has 0 spiro atoms. The summed E-state index contributed by atoms with van der Waals surface area (Å²) in [6.45, 7) is 8.27. The number of fused-ring (bicyclic) bond motifs is 1. The summed E-state index contributed by atoms with van der Waals surface area (Å²) in [7, 11) is 0. The average molecular weight is 285 g/mol. The van der Waals surface area contributed by atoms with Crippen molar-refractivity contribution in [3.05, 3.63) is 40.5 Å². The number of hydrogen-bond acceptors (Lipinski definition) is 4. The third-order valence-electron chi connectivity index (χ3n) is 4.10. The van der Waals surface area contributed by atoms with Crippen molar-refractivity contribution < 1.29 is 4.52 Å². The first-order valence-electron chi connectivity index (χ1n) is 7.84. The van der Waals surface area contributed by atoms with E-state index in [9.17, 15) is 0 Å². The van der Waals surface area contributed by atoms with Crippen molar-refractivity contribution in [2.45, 2.75) is 53.0 Å². The Labute approximate surface area is 126 Å². The molecule has 1 aromatic heterocycles. The van der Waals surface area contributed by atoms with E-state index in [1.807, 2.05) is 0 Å². The lowest BCUT2D eigenvalue weighted by atomic mass is 9.95. The molecule has 1 aliphatic heterocycles. The summed E-state index contributed by atoms with van der Waals surface area (Å²) in [5.41, 5.74) is 5.52. The minimum atomic E-state index is 0.715. The van der Waals surface area contributed by atoms with Crippen molar-refractivity contribution in [1.82, 2.24) is 10.1 Å². The zero-order chi connectivity index (χ0) is 14.8. The van der Waals surface area contributed by atoms with Gasteiger partial charge in [-0.05, 0) is 55.9 Å². The van der Waals surface area contributed by atoms with Crippen molar-refractivity contribution in [2.75, 3.05) is 11.4 Å². The number of aryl methyl sites for hydroxylation is 3. The lowest BCUT2D eigenvalue weighted by Gasteiger charge is -2.31. The standard InChI is InChI=1S/C17H23N3O/c1-4-6-16-18-17(21-19-16)11-20-8-5-7-14-13(3)9-12(2)10-15(14)20/h9-10H,4-8,11H2,1-3H3. The number of hydrogen-bond donors (Lipinski definition) is 0. The van der Waals surface area contributed by atoms with Crippen LogP contribution in [0, 0.1) is 13.8 Å². The van der Waals surface area contributed by atoms with Crippen LogP contribution in [0.1, 0.15) is 48.2 Å². The Kier molecular flexibility index (Phi) is 3.95. The van der Waals surface area contributed by atoms with Gasteiger partial charge in [0.15, 0.2) is 5.82 Å². The first-order chi connectivity index (χ1) is 10.2. The lowest BCUT2D eigenvalue weighted by Crippen LogP contribution is -2.29. The van der Waals surface area contributed by atoms with Crippen LogP contribution in [0.2, 0.25) is 0 Å². The molecule has 0 atom stereocenters. The summed E-state index contributed by atoms with van der Waals surface area (Å²) in [5, 5.41) is 4.05. The summed E-state index contributed by atoms with van der Waals surface area (Å²) in [6.07, 6.45) is 4.29. The van der Waals surface area contributed by atoms with Crippen LogP contribution in [-0.2, 0) is 19.4 Å². The van der Waals surface area contributed by atoms with Gasteiger partial charge in [-0.2, -0.15) is 4.98 Å². The van der Waals surface area contributed by atoms with Crippen LogP contribution in [0.25, 0.3) is 0 Å². The fourth-order valence-electron chi connectivity index (χ4n) is 3.16. The van der Waals surface area contributed by atoms with Crippen LogP contribution in [-0.4, -0.2) is 16.7 Å². The van der Waals surface area contributed by atoms with Gasteiger partial charge in [-0.3, -0.25) is 0 Å². The van der Waals surface area contributed by atoms with Gasteiger partial charge in [-0.1, -0.05) is 18.1 Å². The Hall–Kier alpha value is -1.84. The van der Waals surface area contributed by atoms with Gasteiger partial charge in [-0.25, -0.2) is 0 Å². The van der Waals surface area contributed by atoms with Gasteiger partial charge < -0.3 is 9.42 Å². The fraction of sp³-hybridized carbons (Fsp3) is 0.529. The Balaban J connectivity index is 1.84. The molecule has 2 aromatic rings. The molecule has 21 heavy (non-hydrogen) atoms. The van der Waals surface area contributed by atoms with Crippen molar-refractivity contribution in [1.29, 1.82) is 0 Å². The van der Waals surface area contributed by atoms with Crippen LogP contribution in [0.3, 0.4) is 0 Å². The second kappa shape index (κ2) is 5.88. The minimum Gasteiger partial charge on any atom is -0.362 e. The molecule has 2 heterocycles. The molecular weight excluding hydrogens is 262 g/mol. The van der Waals surface area contributed by atoms with Crippen molar-refractivity contribution >= 4 is 5.69 Å². The second-order valence-corrected chi connectivity index (χ2v) is 5.96. The number of aromatic nitrogens is 2. The maximum absolute atomic E-state index is 5.39. The Morgan fingerprint density at radius 1 is 1.29 bits per heavy atom. The minimum absolute atomic E-state index is 0.715. The molecule has 0 aliphatic carbocycles. The topological polar surface area (TPSA) is 42.2 Å². The molecule has 0 N–H and O–H groups in total. The highest BCUT2D eigenvalue weighted by Gasteiger charge is 2.21. The van der Waals surface area contributed by atoms with Gasteiger partial charge in [0.05, 0.1) is 6.54 Å². The molecule has 0 saturated carbocycles. The van der Waals surface area contributed by atoms with E-state index in [0.29, 0.717) is 6.54 Å². The second-order valence-electron chi connectivity index (χ2n) is 5.96. The molecule has 0 radical (unpaired) electrons. The van der Waals surface area contributed by atoms with Crippen LogP contribution < -0.4 is 4.90 Å². The normalized spacial score (nSPS) is 14.3. The summed E-state index contributed by atoms with van der Waals surface area (Å²) < 4.78 is 5.39. The Morgan fingerprint density at radius 3 is 2.95 bits per heavy atom. The SMILES string of the molecule is CCCc1noc(CN2CCCc3c(C)cc(C)cc32)n1. The zero-order valence-electron chi connectivity index (χ0n) is 13.1. The Bertz CT molecular complexity index is 633. The highest BCUT2D eigenvalue weighted by Crippen LogP contribution is 2.31. The average Bonchev–Trinajstić information content (AvgIpc) is 2.87. The molecular formula is C17H23N3O. The van der Waals surface area contributed by atoms with E-state index in [1.54, 1.807) is 0 Å². The van der Waals surface area contributed by atoms with E-state index in [1.165, 1.54) is 35.2 Å². The molecule has 0 fully saturated rings. The summed E-state index contributed by atoms with van der Waals surface area (Å²) in [4.78, 5) is 6.87. The molecule has 0 bridgehead atoms. The molecule has 0 saturated heterocycles. The molecule has 112 valence electrons. The van der Waals surface area contributed by atoms with E-state index in [-0.39, 0.29) is 0 Å². The maximum atomic E-state index is 5.39. The fourth-order valence-corrected chi connectivity index (χ4v) is 3.16. The van der Waals surface area contributed by atoms with Gasteiger partial charge >= 0.3 is 0 Å².